The molecular formula is C26H34N2O5. The molecule has 0 saturated carbocycles. The van der Waals surface area contributed by atoms with Crippen molar-refractivity contribution in [2.75, 3.05) is 26.9 Å². The van der Waals surface area contributed by atoms with Crippen LogP contribution in [0.1, 0.15) is 30.4 Å². The number of carbonyl (C=O) groups is 1. The lowest BCUT2D eigenvalue weighted by molar-refractivity contribution is -0.158. The summed E-state index contributed by atoms with van der Waals surface area (Å²) in [5, 5.41) is 13.3. The number of ether oxygens (including phenoxy) is 3. The van der Waals surface area contributed by atoms with Crippen LogP contribution in [0.5, 0.6) is 5.75 Å². The van der Waals surface area contributed by atoms with E-state index in [9.17, 15) is 9.90 Å². The first kappa shape index (κ1) is 23.7. The minimum absolute atomic E-state index is 0.0346. The van der Waals surface area contributed by atoms with Crippen LogP contribution in [0.2, 0.25) is 0 Å². The van der Waals surface area contributed by atoms with Gasteiger partial charge in [0.25, 0.3) is 0 Å². The van der Waals surface area contributed by atoms with Gasteiger partial charge in [0.2, 0.25) is 5.91 Å². The molecule has 2 fully saturated rings. The summed E-state index contributed by atoms with van der Waals surface area (Å²) in [6.45, 7) is 2.44. The third-order valence-electron chi connectivity index (χ3n) is 6.40. The quantitative estimate of drug-likeness (QED) is 0.669. The molecule has 0 radical (unpaired) electrons. The Labute approximate surface area is 195 Å². The normalized spacial score (nSPS) is 26.0. The number of para-hydroxylation sites is 1. The van der Waals surface area contributed by atoms with Crippen LogP contribution in [0, 0.1) is 0 Å². The van der Waals surface area contributed by atoms with Crippen molar-refractivity contribution in [2.24, 2.45) is 0 Å². The van der Waals surface area contributed by atoms with Gasteiger partial charge in [0.15, 0.2) is 0 Å². The van der Waals surface area contributed by atoms with Crippen molar-refractivity contribution in [3.63, 3.8) is 0 Å². The third-order valence-corrected chi connectivity index (χ3v) is 6.40. The lowest BCUT2D eigenvalue weighted by Crippen LogP contribution is -2.55. The van der Waals surface area contributed by atoms with Crippen LogP contribution < -0.4 is 10.1 Å². The fourth-order valence-electron chi connectivity index (χ4n) is 4.77. The Bertz CT molecular complexity index is 893. The summed E-state index contributed by atoms with van der Waals surface area (Å²) in [7, 11) is 1.63. The zero-order valence-electron chi connectivity index (χ0n) is 19.2. The smallest absolute Gasteiger partial charge is 0.222 e. The average molecular weight is 455 g/mol. The number of aliphatic hydroxyl groups excluding tert-OH is 1. The van der Waals surface area contributed by atoms with Gasteiger partial charge >= 0.3 is 0 Å². The minimum Gasteiger partial charge on any atom is -0.496 e. The number of methoxy groups -OCH3 is 1. The Morgan fingerprint density at radius 3 is 2.73 bits per heavy atom. The number of rotatable bonds is 7. The Morgan fingerprint density at radius 2 is 1.91 bits per heavy atom. The second-order valence-corrected chi connectivity index (χ2v) is 8.84. The number of benzene rings is 2. The van der Waals surface area contributed by atoms with Crippen molar-refractivity contribution >= 4 is 5.91 Å². The molecule has 1 amide bonds. The van der Waals surface area contributed by atoms with E-state index in [4.69, 9.17) is 14.2 Å². The van der Waals surface area contributed by atoms with E-state index in [-0.39, 0.29) is 24.2 Å². The largest absolute Gasteiger partial charge is 0.496 e. The lowest BCUT2D eigenvalue weighted by atomic mass is 9.94. The average Bonchev–Trinajstić information content (AvgIpc) is 2.82. The van der Waals surface area contributed by atoms with Crippen LogP contribution in [0.3, 0.4) is 0 Å². The molecule has 33 heavy (non-hydrogen) atoms. The fourth-order valence-corrected chi connectivity index (χ4v) is 4.77. The van der Waals surface area contributed by atoms with Gasteiger partial charge < -0.3 is 24.6 Å². The highest BCUT2D eigenvalue weighted by Gasteiger charge is 2.38. The number of fused-ring (bicyclic) bond motifs is 1. The van der Waals surface area contributed by atoms with E-state index in [1.165, 1.54) is 5.56 Å². The molecule has 7 heteroatoms. The maximum atomic E-state index is 12.6. The molecule has 178 valence electrons. The molecule has 0 aliphatic carbocycles. The maximum Gasteiger partial charge on any atom is 0.222 e. The van der Waals surface area contributed by atoms with E-state index >= 15 is 0 Å². The molecule has 0 aromatic heterocycles. The van der Waals surface area contributed by atoms with Crippen molar-refractivity contribution < 1.29 is 24.1 Å². The monoisotopic (exact) mass is 454 g/mol. The van der Waals surface area contributed by atoms with E-state index in [0.717, 1.165) is 30.7 Å². The zero-order chi connectivity index (χ0) is 23.0. The molecule has 2 saturated heterocycles. The Hall–Kier alpha value is -2.45. The van der Waals surface area contributed by atoms with Gasteiger partial charge in [-0.3, -0.25) is 9.69 Å². The van der Waals surface area contributed by atoms with Crippen LogP contribution >= 0.6 is 0 Å². The number of nitrogens with zero attached hydrogens (tertiary/aromatic N) is 1. The molecule has 4 rings (SSSR count). The molecule has 2 heterocycles. The van der Waals surface area contributed by atoms with Gasteiger partial charge in [0.1, 0.15) is 5.75 Å². The first-order valence-electron chi connectivity index (χ1n) is 11.7. The van der Waals surface area contributed by atoms with Gasteiger partial charge in [-0.05, 0) is 24.5 Å². The first-order valence-corrected chi connectivity index (χ1v) is 11.7. The van der Waals surface area contributed by atoms with Gasteiger partial charge in [-0.25, -0.2) is 0 Å². The highest BCUT2D eigenvalue weighted by Crippen LogP contribution is 2.29. The zero-order valence-corrected chi connectivity index (χ0v) is 19.2. The van der Waals surface area contributed by atoms with Gasteiger partial charge in [-0.15, -0.1) is 0 Å². The standard InChI is InChI=1S/C26H34N2O5/c1-31-24-10-6-5-9-20(24)14-27-26(30)13-22-11-12-23-25(33-22)18-32-17-21(29)16-28(23)15-19-7-3-2-4-8-19/h2-10,21-23,25,29H,11-18H2,1H3,(H,27,30)/t21-,22+,23+,25-/m1/s1. The SMILES string of the molecule is COc1ccccc1CNC(=O)C[C@@H]1CC[C@H]2[C@@H](COC[C@H](O)CN2Cc2ccccc2)O1. The highest BCUT2D eigenvalue weighted by molar-refractivity contribution is 5.76. The molecule has 0 spiro atoms. The molecule has 2 aliphatic heterocycles. The van der Waals surface area contributed by atoms with Crippen LogP contribution in [0.25, 0.3) is 0 Å². The van der Waals surface area contributed by atoms with Crippen LogP contribution in [0.4, 0.5) is 0 Å². The Balaban J connectivity index is 1.34. The summed E-state index contributed by atoms with van der Waals surface area (Å²) in [5.41, 5.74) is 2.16. The van der Waals surface area contributed by atoms with Crippen molar-refractivity contribution in [1.82, 2.24) is 10.2 Å². The number of carbonyl (C=O) groups excluding carboxylic acids is 1. The van der Waals surface area contributed by atoms with Crippen molar-refractivity contribution in [3.05, 3.63) is 65.7 Å². The number of hydrogen-bond donors (Lipinski definition) is 2. The number of aliphatic hydroxyl groups is 1. The van der Waals surface area contributed by atoms with Crippen molar-refractivity contribution in [1.29, 1.82) is 0 Å². The van der Waals surface area contributed by atoms with Gasteiger partial charge in [-0.1, -0.05) is 48.5 Å². The summed E-state index contributed by atoms with van der Waals surface area (Å²) in [4.78, 5) is 14.9. The van der Waals surface area contributed by atoms with E-state index in [1.54, 1.807) is 7.11 Å². The molecule has 0 unspecified atom stereocenters. The number of hydrogen-bond acceptors (Lipinski definition) is 6. The maximum absolute atomic E-state index is 12.6. The molecule has 2 N–H and O–H groups in total. The first-order chi connectivity index (χ1) is 16.1. The molecule has 4 atom stereocenters. The minimum atomic E-state index is -0.520. The highest BCUT2D eigenvalue weighted by atomic mass is 16.5. The summed E-state index contributed by atoms with van der Waals surface area (Å²) in [6.07, 6.45) is 1.23. The van der Waals surface area contributed by atoms with Gasteiger partial charge in [0.05, 0.1) is 45.1 Å². The van der Waals surface area contributed by atoms with E-state index < -0.39 is 6.10 Å². The fraction of sp³-hybridized carbons (Fsp3) is 0.500. The van der Waals surface area contributed by atoms with E-state index in [0.29, 0.717) is 32.7 Å². The molecule has 0 bridgehead atoms. The van der Waals surface area contributed by atoms with Gasteiger partial charge in [0, 0.05) is 31.2 Å². The molecule has 7 nitrogen and oxygen atoms in total. The Kier molecular flexibility index (Phi) is 8.34. The summed E-state index contributed by atoms with van der Waals surface area (Å²) >= 11 is 0. The molecular weight excluding hydrogens is 420 g/mol. The van der Waals surface area contributed by atoms with Crippen molar-refractivity contribution in [2.45, 2.75) is 56.7 Å². The Morgan fingerprint density at radius 1 is 1.12 bits per heavy atom. The molecule has 2 aliphatic rings. The number of nitrogens with one attached hydrogen (secondary N) is 1. The van der Waals surface area contributed by atoms with Crippen LogP contribution in [-0.4, -0.2) is 67.1 Å². The second kappa shape index (κ2) is 11.6. The van der Waals surface area contributed by atoms with E-state index in [1.807, 2.05) is 42.5 Å². The lowest BCUT2D eigenvalue weighted by Gasteiger charge is -2.44. The number of β-amino-alcohol motifs (C(OH)–C–C–N with tert-alkyl or cyclic N) is 1. The topological polar surface area (TPSA) is 80.3 Å². The van der Waals surface area contributed by atoms with E-state index in [2.05, 4.69) is 22.3 Å². The molecule has 2 aromatic rings. The molecule has 2 aromatic carbocycles. The summed E-state index contributed by atoms with van der Waals surface area (Å²) < 4.78 is 17.4. The number of amides is 1. The van der Waals surface area contributed by atoms with Crippen molar-refractivity contribution in [3.8, 4) is 5.75 Å². The predicted molar refractivity (Wildman–Crippen MR) is 125 cm³/mol. The third kappa shape index (κ3) is 6.54. The summed E-state index contributed by atoms with van der Waals surface area (Å²) in [5.74, 6) is 0.731. The van der Waals surface area contributed by atoms with Crippen LogP contribution in [0.15, 0.2) is 54.6 Å². The summed E-state index contributed by atoms with van der Waals surface area (Å²) in [6, 6.07) is 18.1. The van der Waals surface area contributed by atoms with Crippen LogP contribution in [-0.2, 0) is 27.4 Å². The second-order valence-electron chi connectivity index (χ2n) is 8.84. The van der Waals surface area contributed by atoms with Gasteiger partial charge in [-0.2, -0.15) is 0 Å². The predicted octanol–water partition coefficient (Wildman–Crippen LogP) is 2.51.